The quantitative estimate of drug-likeness (QED) is 0.732. The van der Waals surface area contributed by atoms with Gasteiger partial charge in [-0.15, -0.1) is 0 Å². The van der Waals surface area contributed by atoms with E-state index in [0.29, 0.717) is 19.6 Å². The van der Waals surface area contributed by atoms with E-state index in [1.54, 1.807) is 0 Å². The van der Waals surface area contributed by atoms with Crippen LogP contribution in [0.4, 0.5) is 4.79 Å². The average molecular weight is 296 g/mol. The highest BCUT2D eigenvalue weighted by Crippen LogP contribution is 2.20. The van der Waals surface area contributed by atoms with Crippen LogP contribution >= 0.6 is 0 Å². The molecule has 2 N–H and O–H groups in total. The Morgan fingerprint density at radius 2 is 1.62 bits per heavy atom. The van der Waals surface area contributed by atoms with E-state index in [1.165, 1.54) is 0 Å². The number of nitrogens with zero attached hydrogens (tertiary/aromatic N) is 2. The average Bonchev–Trinajstić information content (AvgIpc) is 3.05. The largest absolute Gasteiger partial charge is 0.355 e. The zero-order valence-electron chi connectivity index (χ0n) is 13.1. The fraction of sp³-hybridized carbons (Fsp3) is 0.867. The van der Waals surface area contributed by atoms with Crippen molar-refractivity contribution in [3.05, 3.63) is 0 Å². The van der Waals surface area contributed by atoms with Crippen LogP contribution in [0.2, 0.25) is 0 Å². The Bertz CT molecular complexity index is 348. The molecule has 2 rings (SSSR count). The second-order valence-electron chi connectivity index (χ2n) is 5.88. The number of hydrogen-bond acceptors (Lipinski definition) is 3. The maximum absolute atomic E-state index is 12.3. The molecule has 2 aliphatic heterocycles. The van der Waals surface area contributed by atoms with Crippen LogP contribution in [0.15, 0.2) is 0 Å². The molecule has 2 saturated heterocycles. The highest BCUT2D eigenvalue weighted by atomic mass is 16.2. The molecule has 0 unspecified atom stereocenters. The van der Waals surface area contributed by atoms with Gasteiger partial charge >= 0.3 is 6.03 Å². The Morgan fingerprint density at radius 3 is 2.24 bits per heavy atom. The van der Waals surface area contributed by atoms with Crippen LogP contribution in [0.5, 0.6) is 0 Å². The molecule has 120 valence electrons. The summed E-state index contributed by atoms with van der Waals surface area (Å²) >= 11 is 0. The first kappa shape index (κ1) is 16.1. The van der Waals surface area contributed by atoms with Crippen LogP contribution < -0.4 is 10.6 Å². The van der Waals surface area contributed by atoms with Crippen molar-refractivity contribution in [2.24, 2.45) is 5.92 Å². The minimum absolute atomic E-state index is 0.0641. The number of amides is 3. The van der Waals surface area contributed by atoms with Crippen LogP contribution in [0.25, 0.3) is 0 Å². The van der Waals surface area contributed by atoms with Crippen molar-refractivity contribution in [3.63, 3.8) is 0 Å². The lowest BCUT2D eigenvalue weighted by Crippen LogP contribution is -2.48. The molecule has 0 aromatic carbocycles. The molecule has 21 heavy (non-hydrogen) atoms. The lowest BCUT2D eigenvalue weighted by atomic mass is 9.96. The zero-order valence-corrected chi connectivity index (χ0v) is 13.1. The van der Waals surface area contributed by atoms with Crippen molar-refractivity contribution in [1.29, 1.82) is 0 Å². The third kappa shape index (κ3) is 4.59. The molecule has 6 heteroatoms. The molecule has 0 aromatic rings. The van der Waals surface area contributed by atoms with Gasteiger partial charge in [0.05, 0.1) is 0 Å². The molecule has 0 aromatic heterocycles. The first-order valence-electron chi connectivity index (χ1n) is 8.24. The van der Waals surface area contributed by atoms with Gasteiger partial charge in [0, 0.05) is 45.2 Å². The minimum atomic E-state index is 0.0641. The molecule has 2 aliphatic rings. The number of urea groups is 1. The highest BCUT2D eigenvalue weighted by molar-refractivity contribution is 5.79. The number of piperidine rings is 1. The molecule has 2 heterocycles. The third-order valence-corrected chi connectivity index (χ3v) is 4.36. The molecular weight excluding hydrogens is 268 g/mol. The maximum Gasteiger partial charge on any atom is 0.319 e. The lowest BCUT2D eigenvalue weighted by molar-refractivity contribution is -0.126. The van der Waals surface area contributed by atoms with E-state index < -0.39 is 0 Å². The fourth-order valence-corrected chi connectivity index (χ4v) is 3.04. The summed E-state index contributed by atoms with van der Waals surface area (Å²) in [6, 6.07) is 0.165. The first-order chi connectivity index (χ1) is 10.2. The lowest BCUT2D eigenvalue weighted by Gasteiger charge is -2.34. The van der Waals surface area contributed by atoms with Crippen LogP contribution in [0.3, 0.4) is 0 Å². The predicted molar refractivity (Wildman–Crippen MR) is 82.1 cm³/mol. The molecule has 0 spiro atoms. The second-order valence-corrected chi connectivity index (χ2v) is 5.88. The molecule has 6 nitrogen and oxygen atoms in total. The number of hydrogen-bond donors (Lipinski definition) is 2. The van der Waals surface area contributed by atoms with Crippen molar-refractivity contribution in [2.45, 2.75) is 32.6 Å². The highest BCUT2D eigenvalue weighted by Gasteiger charge is 2.30. The molecule has 0 saturated carbocycles. The van der Waals surface area contributed by atoms with Gasteiger partial charge in [0.1, 0.15) is 0 Å². The zero-order chi connectivity index (χ0) is 15.1. The summed E-state index contributed by atoms with van der Waals surface area (Å²) in [5, 5.41) is 6.16. The number of likely N-dealkylation sites (N-methyl/N-ethyl adjacent to an activating group) is 1. The second kappa shape index (κ2) is 8.22. The minimum Gasteiger partial charge on any atom is -0.355 e. The Kier molecular flexibility index (Phi) is 6.29. The smallest absolute Gasteiger partial charge is 0.319 e. The Labute approximate surface area is 127 Å². The predicted octanol–water partition coefficient (Wildman–Crippen LogP) is 0.640. The first-order valence-corrected chi connectivity index (χ1v) is 8.24. The Hall–Kier alpha value is -1.30. The van der Waals surface area contributed by atoms with Crippen molar-refractivity contribution in [3.8, 4) is 0 Å². The van der Waals surface area contributed by atoms with Crippen molar-refractivity contribution < 1.29 is 9.59 Å². The number of carbonyl (C=O) groups is 2. The Morgan fingerprint density at radius 1 is 1.00 bits per heavy atom. The van der Waals surface area contributed by atoms with Gasteiger partial charge in [0.25, 0.3) is 0 Å². The summed E-state index contributed by atoms with van der Waals surface area (Å²) in [6.07, 6.45) is 3.81. The number of nitrogens with one attached hydrogen (secondary N) is 2. The van der Waals surface area contributed by atoms with Crippen LogP contribution in [0, 0.1) is 5.92 Å². The number of likely N-dealkylation sites (tertiary alicyclic amines) is 2. The van der Waals surface area contributed by atoms with Gasteiger partial charge in [0.15, 0.2) is 0 Å². The number of carbonyl (C=O) groups excluding carboxylic acids is 2. The summed E-state index contributed by atoms with van der Waals surface area (Å²) in [4.78, 5) is 28.2. The van der Waals surface area contributed by atoms with Gasteiger partial charge in [-0.05, 0) is 32.2 Å². The third-order valence-electron chi connectivity index (χ3n) is 4.36. The van der Waals surface area contributed by atoms with Crippen LogP contribution in [-0.2, 0) is 4.79 Å². The molecule has 2 fully saturated rings. The van der Waals surface area contributed by atoms with E-state index in [2.05, 4.69) is 17.6 Å². The monoisotopic (exact) mass is 296 g/mol. The van der Waals surface area contributed by atoms with E-state index in [-0.39, 0.29) is 17.9 Å². The van der Waals surface area contributed by atoms with Crippen LogP contribution in [-0.4, -0.2) is 67.6 Å². The molecular formula is C15H28N4O2. The van der Waals surface area contributed by atoms with E-state index in [0.717, 1.165) is 51.9 Å². The van der Waals surface area contributed by atoms with E-state index >= 15 is 0 Å². The molecule has 3 amide bonds. The summed E-state index contributed by atoms with van der Waals surface area (Å²) in [5.74, 6) is 0.204. The molecule has 0 bridgehead atoms. The van der Waals surface area contributed by atoms with Crippen molar-refractivity contribution >= 4 is 11.9 Å². The van der Waals surface area contributed by atoms with E-state index in [4.69, 9.17) is 0 Å². The normalized spacial score (nSPS) is 19.9. The van der Waals surface area contributed by atoms with Crippen LogP contribution in [0.1, 0.15) is 32.6 Å². The summed E-state index contributed by atoms with van der Waals surface area (Å²) in [7, 11) is 0. The van der Waals surface area contributed by atoms with Gasteiger partial charge in [-0.25, -0.2) is 4.79 Å². The summed E-state index contributed by atoms with van der Waals surface area (Å²) in [6.45, 7) is 7.67. The van der Waals surface area contributed by atoms with Gasteiger partial charge in [-0.2, -0.15) is 0 Å². The van der Waals surface area contributed by atoms with Crippen molar-refractivity contribution in [2.75, 3.05) is 45.8 Å². The fourth-order valence-electron chi connectivity index (χ4n) is 3.04. The van der Waals surface area contributed by atoms with Gasteiger partial charge < -0.3 is 20.4 Å². The van der Waals surface area contributed by atoms with Gasteiger partial charge in [-0.1, -0.05) is 6.92 Å². The topological polar surface area (TPSA) is 64.7 Å². The van der Waals surface area contributed by atoms with Crippen molar-refractivity contribution in [1.82, 2.24) is 20.4 Å². The van der Waals surface area contributed by atoms with E-state index in [1.807, 2.05) is 9.80 Å². The maximum atomic E-state index is 12.3. The molecule has 0 radical (unpaired) electrons. The SMILES string of the molecule is CCNCCNC(=O)C1CCN(C(=O)N2CCCC2)CC1. The van der Waals surface area contributed by atoms with Gasteiger partial charge in [0.2, 0.25) is 5.91 Å². The summed E-state index contributed by atoms with van der Waals surface area (Å²) in [5.41, 5.74) is 0. The Balaban J connectivity index is 1.67. The number of rotatable bonds is 5. The van der Waals surface area contributed by atoms with Gasteiger partial charge in [-0.3, -0.25) is 4.79 Å². The standard InChI is InChI=1S/C15H28N4O2/c1-2-16-7-8-17-14(20)13-5-11-19(12-6-13)15(21)18-9-3-4-10-18/h13,16H,2-12H2,1H3,(H,17,20). The van der Waals surface area contributed by atoms with E-state index in [9.17, 15) is 9.59 Å². The molecule has 0 atom stereocenters. The molecule has 0 aliphatic carbocycles. The summed E-state index contributed by atoms with van der Waals surface area (Å²) < 4.78 is 0.